The van der Waals surface area contributed by atoms with E-state index in [1.54, 1.807) is 12.3 Å². The lowest BCUT2D eigenvalue weighted by molar-refractivity contribution is 0.0624. The highest BCUT2D eigenvalue weighted by molar-refractivity contribution is 9.10. The van der Waals surface area contributed by atoms with Crippen molar-refractivity contribution in [3.8, 4) is 0 Å². The van der Waals surface area contributed by atoms with E-state index in [9.17, 15) is 4.79 Å². The minimum absolute atomic E-state index is 0.0269. The van der Waals surface area contributed by atoms with Gasteiger partial charge in [-0.15, -0.1) is 0 Å². The highest BCUT2D eigenvalue weighted by atomic mass is 79.9. The number of nitrogen functional groups attached to an aromatic ring is 1. The van der Waals surface area contributed by atoms with E-state index in [-0.39, 0.29) is 5.91 Å². The molecule has 1 fully saturated rings. The van der Waals surface area contributed by atoms with Gasteiger partial charge in [0.15, 0.2) is 5.82 Å². The predicted molar refractivity (Wildman–Crippen MR) is 86.9 cm³/mol. The Morgan fingerprint density at radius 3 is 2.67 bits per heavy atom. The molecule has 0 bridgehead atoms. The molecule has 3 N–H and O–H groups in total. The number of pyridine rings is 1. The Morgan fingerprint density at radius 2 is 2.10 bits per heavy atom. The van der Waals surface area contributed by atoms with Crippen LogP contribution in [-0.4, -0.2) is 53.4 Å². The Bertz CT molecular complexity index is 500. The number of carbonyl (C=O) groups excluding carboxylic acids is 1. The first kappa shape index (κ1) is 16.2. The van der Waals surface area contributed by atoms with Gasteiger partial charge in [-0.1, -0.05) is 13.8 Å². The molecule has 1 aromatic rings. The topological polar surface area (TPSA) is 74.5 Å². The van der Waals surface area contributed by atoms with E-state index in [0.29, 0.717) is 17.3 Å². The minimum atomic E-state index is -0.0269. The summed E-state index contributed by atoms with van der Waals surface area (Å²) in [4.78, 5) is 21.0. The summed E-state index contributed by atoms with van der Waals surface area (Å²) < 4.78 is 0.767. The van der Waals surface area contributed by atoms with Crippen LogP contribution in [0.25, 0.3) is 0 Å². The molecular formula is C14H22BrN5O. The van der Waals surface area contributed by atoms with Crippen molar-refractivity contribution >= 4 is 27.7 Å². The standard InChI is InChI=1S/C14H22BrN5O/c1-10(2)9-19-3-5-20(6-4-19)14(21)12-7-11(15)8-17-13(12)18-16/h7-8,10H,3-6,9,16H2,1-2H3,(H,17,18). The molecule has 1 aromatic heterocycles. The molecule has 21 heavy (non-hydrogen) atoms. The number of carbonyl (C=O) groups is 1. The fraction of sp³-hybridized carbons (Fsp3) is 0.571. The third-order valence-corrected chi connectivity index (χ3v) is 3.94. The molecule has 2 heterocycles. The largest absolute Gasteiger partial charge is 0.336 e. The van der Waals surface area contributed by atoms with E-state index < -0.39 is 0 Å². The zero-order valence-corrected chi connectivity index (χ0v) is 14.1. The molecule has 0 saturated carbocycles. The first-order valence-electron chi connectivity index (χ1n) is 7.15. The number of aromatic nitrogens is 1. The first-order valence-corrected chi connectivity index (χ1v) is 7.94. The SMILES string of the molecule is CC(C)CN1CCN(C(=O)c2cc(Br)cnc2NN)CC1. The van der Waals surface area contributed by atoms with Crippen molar-refractivity contribution in [3.63, 3.8) is 0 Å². The van der Waals surface area contributed by atoms with Crippen molar-refractivity contribution in [2.24, 2.45) is 11.8 Å². The van der Waals surface area contributed by atoms with Crippen molar-refractivity contribution in [1.82, 2.24) is 14.8 Å². The zero-order chi connectivity index (χ0) is 15.4. The third-order valence-electron chi connectivity index (χ3n) is 3.50. The molecule has 0 aromatic carbocycles. The van der Waals surface area contributed by atoms with Crippen molar-refractivity contribution in [2.75, 3.05) is 38.1 Å². The Morgan fingerprint density at radius 1 is 1.43 bits per heavy atom. The van der Waals surface area contributed by atoms with Crippen LogP contribution in [0, 0.1) is 5.92 Å². The van der Waals surface area contributed by atoms with Gasteiger partial charge in [0, 0.05) is 43.4 Å². The van der Waals surface area contributed by atoms with Gasteiger partial charge in [-0.05, 0) is 27.9 Å². The highest BCUT2D eigenvalue weighted by Crippen LogP contribution is 2.20. The molecule has 7 heteroatoms. The molecule has 0 unspecified atom stereocenters. The van der Waals surface area contributed by atoms with Crippen LogP contribution < -0.4 is 11.3 Å². The van der Waals surface area contributed by atoms with Crippen LogP contribution in [0.15, 0.2) is 16.7 Å². The van der Waals surface area contributed by atoms with Crippen LogP contribution in [0.3, 0.4) is 0 Å². The fourth-order valence-corrected chi connectivity index (χ4v) is 2.87. The number of hydrazine groups is 1. The van der Waals surface area contributed by atoms with Crippen molar-refractivity contribution in [2.45, 2.75) is 13.8 Å². The monoisotopic (exact) mass is 355 g/mol. The lowest BCUT2D eigenvalue weighted by Gasteiger charge is -2.35. The smallest absolute Gasteiger partial charge is 0.257 e. The minimum Gasteiger partial charge on any atom is -0.336 e. The first-order chi connectivity index (χ1) is 10.0. The van der Waals surface area contributed by atoms with Gasteiger partial charge in [0.25, 0.3) is 5.91 Å². The number of hydrogen-bond donors (Lipinski definition) is 2. The highest BCUT2D eigenvalue weighted by Gasteiger charge is 2.24. The predicted octanol–water partition coefficient (Wildman–Crippen LogP) is 1.54. The second kappa shape index (κ2) is 7.20. The maximum absolute atomic E-state index is 12.6. The Labute approximate surface area is 133 Å². The molecule has 116 valence electrons. The molecule has 1 amide bonds. The van der Waals surface area contributed by atoms with E-state index in [2.05, 4.69) is 45.1 Å². The summed E-state index contributed by atoms with van der Waals surface area (Å²) in [5, 5.41) is 0. The summed E-state index contributed by atoms with van der Waals surface area (Å²) >= 11 is 3.34. The van der Waals surface area contributed by atoms with E-state index >= 15 is 0 Å². The van der Waals surface area contributed by atoms with Crippen LogP contribution in [-0.2, 0) is 0 Å². The number of nitrogens with zero attached hydrogens (tertiary/aromatic N) is 3. The molecule has 1 aliphatic heterocycles. The lowest BCUT2D eigenvalue weighted by Crippen LogP contribution is -2.49. The Kier molecular flexibility index (Phi) is 5.55. The Balaban J connectivity index is 2.03. The summed E-state index contributed by atoms with van der Waals surface area (Å²) in [5.41, 5.74) is 2.99. The molecular weight excluding hydrogens is 334 g/mol. The van der Waals surface area contributed by atoms with Crippen LogP contribution in [0.5, 0.6) is 0 Å². The molecule has 2 rings (SSSR count). The molecule has 0 aliphatic carbocycles. The molecule has 0 radical (unpaired) electrons. The zero-order valence-electron chi connectivity index (χ0n) is 12.5. The quantitative estimate of drug-likeness (QED) is 0.633. The number of halogens is 1. The summed E-state index contributed by atoms with van der Waals surface area (Å²) in [6, 6.07) is 1.75. The van der Waals surface area contributed by atoms with Crippen molar-refractivity contribution in [3.05, 3.63) is 22.3 Å². The number of hydrogen-bond acceptors (Lipinski definition) is 5. The molecule has 0 atom stereocenters. The van der Waals surface area contributed by atoms with Gasteiger partial charge >= 0.3 is 0 Å². The molecule has 0 spiro atoms. The normalized spacial score (nSPS) is 16.3. The number of nitrogens with one attached hydrogen (secondary N) is 1. The number of anilines is 1. The summed E-state index contributed by atoms with van der Waals surface area (Å²) in [5.74, 6) is 6.47. The van der Waals surface area contributed by atoms with Crippen LogP contribution in [0.4, 0.5) is 5.82 Å². The van der Waals surface area contributed by atoms with Crippen LogP contribution in [0.1, 0.15) is 24.2 Å². The second-order valence-electron chi connectivity index (χ2n) is 5.68. The summed E-state index contributed by atoms with van der Waals surface area (Å²) in [6.07, 6.45) is 1.62. The Hall–Kier alpha value is -1.18. The van der Waals surface area contributed by atoms with E-state index in [1.165, 1.54) is 0 Å². The van der Waals surface area contributed by atoms with Gasteiger partial charge in [0.1, 0.15) is 0 Å². The summed E-state index contributed by atoms with van der Waals surface area (Å²) in [7, 11) is 0. The number of rotatable bonds is 4. The van der Waals surface area contributed by atoms with Crippen LogP contribution >= 0.6 is 15.9 Å². The third kappa shape index (κ3) is 4.15. The van der Waals surface area contributed by atoms with Crippen LogP contribution in [0.2, 0.25) is 0 Å². The van der Waals surface area contributed by atoms with Gasteiger partial charge in [-0.25, -0.2) is 10.8 Å². The van der Waals surface area contributed by atoms with Crippen molar-refractivity contribution < 1.29 is 4.79 Å². The van der Waals surface area contributed by atoms with Gasteiger partial charge < -0.3 is 10.3 Å². The average molecular weight is 356 g/mol. The van der Waals surface area contributed by atoms with E-state index in [0.717, 1.165) is 37.2 Å². The number of piperazine rings is 1. The number of nitrogens with two attached hydrogens (primary N) is 1. The van der Waals surface area contributed by atoms with Gasteiger partial charge in [-0.3, -0.25) is 9.69 Å². The molecule has 1 aliphatic rings. The van der Waals surface area contributed by atoms with Crippen molar-refractivity contribution in [1.29, 1.82) is 0 Å². The van der Waals surface area contributed by atoms with Gasteiger partial charge in [0.05, 0.1) is 5.56 Å². The maximum atomic E-state index is 12.6. The number of amides is 1. The summed E-state index contributed by atoms with van der Waals surface area (Å²) in [6.45, 7) is 8.81. The maximum Gasteiger partial charge on any atom is 0.257 e. The lowest BCUT2D eigenvalue weighted by atomic mass is 10.1. The van der Waals surface area contributed by atoms with Gasteiger partial charge in [0.2, 0.25) is 0 Å². The van der Waals surface area contributed by atoms with E-state index in [1.807, 2.05) is 4.90 Å². The average Bonchev–Trinajstić information content (AvgIpc) is 2.46. The van der Waals surface area contributed by atoms with Gasteiger partial charge in [-0.2, -0.15) is 0 Å². The fourth-order valence-electron chi connectivity index (χ4n) is 2.54. The van der Waals surface area contributed by atoms with E-state index in [4.69, 9.17) is 5.84 Å². The molecule has 6 nitrogen and oxygen atoms in total. The second-order valence-corrected chi connectivity index (χ2v) is 6.60. The molecule has 1 saturated heterocycles.